The molecule has 8 heteroatoms. The second-order valence-electron chi connectivity index (χ2n) is 7.17. The highest BCUT2D eigenvalue weighted by Crippen LogP contribution is 2.21. The van der Waals surface area contributed by atoms with Crippen molar-refractivity contribution in [2.45, 2.75) is 33.7 Å². The van der Waals surface area contributed by atoms with Crippen LogP contribution in [0.4, 0.5) is 11.5 Å². The van der Waals surface area contributed by atoms with E-state index in [0.717, 1.165) is 5.56 Å². The van der Waals surface area contributed by atoms with Crippen molar-refractivity contribution in [3.63, 3.8) is 0 Å². The average molecular weight is 388 g/mol. The summed E-state index contributed by atoms with van der Waals surface area (Å²) in [7, 11) is 1.57. The number of H-pyrrole nitrogens is 1. The Morgan fingerprint density at radius 1 is 1.25 bits per heavy atom. The molecule has 152 valence electrons. The van der Waals surface area contributed by atoms with E-state index in [1.54, 1.807) is 19.2 Å². The van der Waals surface area contributed by atoms with Gasteiger partial charge in [0.15, 0.2) is 5.69 Å². The van der Waals surface area contributed by atoms with Gasteiger partial charge in [0.05, 0.1) is 0 Å². The van der Waals surface area contributed by atoms with Crippen molar-refractivity contribution in [2.24, 2.45) is 5.92 Å². The summed E-state index contributed by atoms with van der Waals surface area (Å²) in [5.41, 5.74) is 6.37. The van der Waals surface area contributed by atoms with Crippen LogP contribution in [0.5, 0.6) is 0 Å². The summed E-state index contributed by atoms with van der Waals surface area (Å²) < 4.78 is 6.37. The molecule has 0 aliphatic heterocycles. The van der Waals surface area contributed by atoms with E-state index in [0.29, 0.717) is 25.1 Å². The number of nitrogens with two attached hydrogens (primary N) is 1. The normalized spacial score (nSPS) is 11.0. The molecule has 1 amide bonds. The minimum atomic E-state index is -0.680. The third-order valence-corrected chi connectivity index (χ3v) is 4.31. The molecule has 0 fully saturated rings. The van der Waals surface area contributed by atoms with Gasteiger partial charge < -0.3 is 15.4 Å². The van der Waals surface area contributed by atoms with Crippen molar-refractivity contribution in [2.75, 3.05) is 30.9 Å². The first-order valence-electron chi connectivity index (χ1n) is 9.26. The summed E-state index contributed by atoms with van der Waals surface area (Å²) in [6.07, 6.45) is 0.510. The van der Waals surface area contributed by atoms with Gasteiger partial charge in [0.25, 0.3) is 11.5 Å². The first kappa shape index (κ1) is 21.4. The maximum absolute atomic E-state index is 13.2. The number of methoxy groups -OCH3 is 1. The number of benzene rings is 1. The first-order chi connectivity index (χ1) is 13.3. The Balaban J connectivity index is 2.56. The molecule has 1 aromatic carbocycles. The van der Waals surface area contributed by atoms with Crippen LogP contribution < -0.4 is 21.9 Å². The number of nitrogens with one attached hydrogen (secondary N) is 1. The second kappa shape index (κ2) is 9.36. The van der Waals surface area contributed by atoms with E-state index in [1.165, 1.54) is 9.47 Å². The maximum Gasteiger partial charge on any atom is 0.330 e. The van der Waals surface area contributed by atoms with Gasteiger partial charge in [0, 0.05) is 32.4 Å². The lowest BCUT2D eigenvalue weighted by molar-refractivity contribution is 0.0983. The molecule has 28 heavy (non-hydrogen) atoms. The number of ether oxygens (including phenoxy) is 1. The number of aromatic nitrogens is 2. The molecule has 0 unspecified atom stereocenters. The molecule has 0 spiro atoms. The Kier molecular flexibility index (Phi) is 7.17. The van der Waals surface area contributed by atoms with Gasteiger partial charge in [-0.25, -0.2) is 4.79 Å². The monoisotopic (exact) mass is 388 g/mol. The topological polar surface area (TPSA) is 110 Å². The molecule has 2 aromatic rings. The van der Waals surface area contributed by atoms with Crippen LogP contribution in [0, 0.1) is 12.8 Å². The largest absolute Gasteiger partial charge is 0.385 e. The van der Waals surface area contributed by atoms with Crippen molar-refractivity contribution >= 4 is 17.4 Å². The van der Waals surface area contributed by atoms with Crippen molar-refractivity contribution in [1.82, 2.24) is 9.55 Å². The lowest BCUT2D eigenvalue weighted by Crippen LogP contribution is -2.42. The predicted molar refractivity (Wildman–Crippen MR) is 110 cm³/mol. The molecule has 0 aliphatic rings. The standard InChI is InChI=1S/C20H28N4O4/c1-13(2)12-24-17(21)16(18(25)22-20(24)27)23(10-5-11-28-4)19(26)15-8-6-14(3)7-9-15/h6-9,13H,5,10-12,21H2,1-4H3,(H,22,25,27). The zero-order valence-electron chi connectivity index (χ0n) is 16.8. The molecular formula is C20H28N4O4. The number of carbonyl (C=O) groups is 1. The Bertz CT molecular complexity index is 929. The summed E-state index contributed by atoms with van der Waals surface area (Å²) in [5, 5.41) is 0. The summed E-state index contributed by atoms with van der Waals surface area (Å²) in [4.78, 5) is 41.6. The minimum Gasteiger partial charge on any atom is -0.385 e. The molecule has 8 nitrogen and oxygen atoms in total. The number of anilines is 2. The predicted octanol–water partition coefficient (Wildman–Crippen LogP) is 1.77. The highest BCUT2D eigenvalue weighted by Gasteiger charge is 2.25. The third kappa shape index (κ3) is 4.89. The van der Waals surface area contributed by atoms with Gasteiger partial charge in [-0.15, -0.1) is 0 Å². The quantitative estimate of drug-likeness (QED) is 0.670. The van der Waals surface area contributed by atoms with E-state index < -0.39 is 11.2 Å². The van der Waals surface area contributed by atoms with Crippen LogP contribution in [0.3, 0.4) is 0 Å². The van der Waals surface area contributed by atoms with Crippen LogP contribution in [-0.4, -0.2) is 35.7 Å². The first-order valence-corrected chi connectivity index (χ1v) is 9.26. The number of nitrogens with zero attached hydrogens (tertiary/aromatic N) is 2. The van der Waals surface area contributed by atoms with Crippen LogP contribution in [0.1, 0.15) is 36.2 Å². The fourth-order valence-electron chi connectivity index (χ4n) is 2.92. The van der Waals surface area contributed by atoms with Gasteiger partial charge in [-0.3, -0.25) is 19.1 Å². The Hall–Kier alpha value is -2.87. The second-order valence-corrected chi connectivity index (χ2v) is 7.17. The summed E-state index contributed by atoms with van der Waals surface area (Å²) in [6.45, 7) is 6.78. The van der Waals surface area contributed by atoms with Crippen molar-refractivity contribution < 1.29 is 9.53 Å². The molecule has 2 rings (SSSR count). The van der Waals surface area contributed by atoms with E-state index in [-0.39, 0.29) is 29.9 Å². The molecule has 0 radical (unpaired) electrons. The zero-order chi connectivity index (χ0) is 20.8. The highest BCUT2D eigenvalue weighted by atomic mass is 16.5. The van der Waals surface area contributed by atoms with Gasteiger partial charge in [-0.1, -0.05) is 31.5 Å². The van der Waals surface area contributed by atoms with E-state index in [4.69, 9.17) is 10.5 Å². The molecule has 0 saturated carbocycles. The molecule has 3 N–H and O–H groups in total. The van der Waals surface area contributed by atoms with Crippen LogP contribution in [-0.2, 0) is 11.3 Å². The lowest BCUT2D eigenvalue weighted by atomic mass is 10.1. The van der Waals surface area contributed by atoms with Crippen molar-refractivity contribution in [3.8, 4) is 0 Å². The number of aromatic amines is 1. The number of hydrogen-bond acceptors (Lipinski definition) is 5. The summed E-state index contributed by atoms with van der Waals surface area (Å²) in [5.74, 6) is -0.239. The van der Waals surface area contributed by atoms with Gasteiger partial charge >= 0.3 is 5.69 Å². The van der Waals surface area contributed by atoms with Crippen LogP contribution in [0.25, 0.3) is 0 Å². The fraction of sp³-hybridized carbons (Fsp3) is 0.450. The van der Waals surface area contributed by atoms with E-state index in [9.17, 15) is 14.4 Å². The molecule has 0 bridgehead atoms. The van der Waals surface area contributed by atoms with E-state index in [2.05, 4.69) is 4.98 Å². The van der Waals surface area contributed by atoms with Gasteiger partial charge in [-0.05, 0) is 31.4 Å². The number of carbonyl (C=O) groups excluding carboxylic acids is 1. The average Bonchev–Trinajstić information content (AvgIpc) is 2.63. The number of amides is 1. The molecule has 1 aromatic heterocycles. The van der Waals surface area contributed by atoms with Crippen LogP contribution >= 0.6 is 0 Å². The lowest BCUT2D eigenvalue weighted by Gasteiger charge is -2.25. The highest BCUT2D eigenvalue weighted by molar-refractivity contribution is 6.07. The number of hydrogen-bond donors (Lipinski definition) is 2. The number of rotatable bonds is 8. The van der Waals surface area contributed by atoms with Gasteiger partial charge in [-0.2, -0.15) is 0 Å². The van der Waals surface area contributed by atoms with E-state index in [1.807, 2.05) is 32.9 Å². The maximum atomic E-state index is 13.2. The van der Waals surface area contributed by atoms with Gasteiger partial charge in [0.1, 0.15) is 5.82 Å². The smallest absolute Gasteiger partial charge is 0.330 e. The molecule has 0 saturated heterocycles. The minimum absolute atomic E-state index is 0.0121. The van der Waals surface area contributed by atoms with Crippen molar-refractivity contribution in [1.29, 1.82) is 0 Å². The SMILES string of the molecule is COCCCN(C(=O)c1ccc(C)cc1)c1c(N)n(CC(C)C)c(=O)[nH]c1=O. The van der Waals surface area contributed by atoms with Crippen LogP contribution in [0.15, 0.2) is 33.9 Å². The Morgan fingerprint density at radius 3 is 2.46 bits per heavy atom. The number of nitrogen functional groups attached to an aromatic ring is 1. The van der Waals surface area contributed by atoms with Crippen molar-refractivity contribution in [3.05, 3.63) is 56.2 Å². The molecule has 0 aliphatic carbocycles. The zero-order valence-corrected chi connectivity index (χ0v) is 16.8. The fourth-order valence-corrected chi connectivity index (χ4v) is 2.92. The van der Waals surface area contributed by atoms with Crippen LogP contribution in [0.2, 0.25) is 0 Å². The number of aryl methyl sites for hydroxylation is 1. The summed E-state index contributed by atoms with van der Waals surface area (Å²) in [6, 6.07) is 7.06. The summed E-state index contributed by atoms with van der Waals surface area (Å²) >= 11 is 0. The Morgan fingerprint density at radius 2 is 1.89 bits per heavy atom. The third-order valence-electron chi connectivity index (χ3n) is 4.31. The molecule has 0 atom stereocenters. The Labute approximate surface area is 163 Å². The molecular weight excluding hydrogens is 360 g/mol. The molecule has 1 heterocycles. The van der Waals surface area contributed by atoms with Gasteiger partial charge in [0.2, 0.25) is 0 Å². The van der Waals surface area contributed by atoms with E-state index >= 15 is 0 Å².